The number of carbonyl (C=O) groups excluding carboxylic acids is 2. The molecule has 4 rings (SSSR count). The molecule has 0 bridgehead atoms. The second kappa shape index (κ2) is 4.92. The van der Waals surface area contributed by atoms with E-state index in [9.17, 15) is 9.59 Å². The van der Waals surface area contributed by atoms with Crippen molar-refractivity contribution in [3.05, 3.63) is 59.4 Å². The highest BCUT2D eigenvalue weighted by atomic mass is 16.4. The van der Waals surface area contributed by atoms with Crippen LogP contribution in [0.1, 0.15) is 25.1 Å². The minimum atomic E-state index is -1.30. The van der Waals surface area contributed by atoms with Gasteiger partial charge in [-0.15, -0.1) is 6.58 Å². The van der Waals surface area contributed by atoms with Crippen molar-refractivity contribution >= 4 is 17.7 Å². The van der Waals surface area contributed by atoms with E-state index in [1.807, 2.05) is 24.3 Å². The molecule has 1 atom stereocenters. The summed E-state index contributed by atoms with van der Waals surface area (Å²) in [5.41, 5.74) is 7.34. The van der Waals surface area contributed by atoms with E-state index in [1.54, 1.807) is 17.9 Å². The van der Waals surface area contributed by atoms with Crippen molar-refractivity contribution in [2.45, 2.75) is 19.3 Å². The summed E-state index contributed by atoms with van der Waals surface area (Å²) in [6.45, 7) is 7.27. The number of hydrogen-bond acceptors (Lipinski definition) is 5. The van der Waals surface area contributed by atoms with Gasteiger partial charge in [0.15, 0.2) is 17.0 Å². The minimum absolute atomic E-state index is 0.0191. The molecule has 2 aliphatic rings. The monoisotopic (exact) mass is 335 g/mol. The van der Waals surface area contributed by atoms with Gasteiger partial charge in [-0.05, 0) is 19.4 Å². The summed E-state index contributed by atoms with van der Waals surface area (Å²) in [7, 11) is 0. The second-order valence-corrected chi connectivity index (χ2v) is 6.25. The fourth-order valence-electron chi connectivity index (χ4n) is 4.11. The smallest absolute Gasteiger partial charge is 0.292 e. The van der Waals surface area contributed by atoms with Gasteiger partial charge in [-0.2, -0.15) is 4.98 Å². The van der Waals surface area contributed by atoms with Crippen LogP contribution >= 0.6 is 0 Å². The molecule has 2 heterocycles. The van der Waals surface area contributed by atoms with Crippen LogP contribution in [-0.4, -0.2) is 28.1 Å². The maximum atomic E-state index is 13.5. The van der Waals surface area contributed by atoms with E-state index < -0.39 is 5.41 Å². The summed E-state index contributed by atoms with van der Waals surface area (Å²) in [5.74, 6) is 0.0460. The maximum Gasteiger partial charge on any atom is 0.292 e. The van der Waals surface area contributed by atoms with Crippen LogP contribution in [0.5, 0.6) is 0 Å². The van der Waals surface area contributed by atoms with Gasteiger partial charge < -0.3 is 15.1 Å². The first-order valence-corrected chi connectivity index (χ1v) is 7.96. The molecule has 0 fully saturated rings. The van der Waals surface area contributed by atoms with Crippen molar-refractivity contribution in [1.29, 1.82) is 0 Å². The molecule has 1 aromatic heterocycles. The normalized spacial score (nSPS) is 21.0. The van der Waals surface area contributed by atoms with Crippen molar-refractivity contribution < 1.29 is 14.0 Å². The van der Waals surface area contributed by atoms with Crippen molar-refractivity contribution in [2.75, 3.05) is 12.3 Å². The van der Waals surface area contributed by atoms with Crippen molar-refractivity contribution in [2.24, 2.45) is 0 Å². The molecular formula is C19H17N3O3. The highest BCUT2D eigenvalue weighted by Crippen LogP contribution is 2.57. The lowest BCUT2D eigenvalue weighted by atomic mass is 9.73. The topological polar surface area (TPSA) is 89.4 Å². The van der Waals surface area contributed by atoms with E-state index in [0.717, 1.165) is 5.56 Å². The Morgan fingerprint density at radius 3 is 2.84 bits per heavy atom. The highest BCUT2D eigenvalue weighted by Gasteiger charge is 2.62. The molecular weight excluding hydrogens is 318 g/mol. The number of oxazole rings is 1. The zero-order chi connectivity index (χ0) is 17.9. The zero-order valence-electron chi connectivity index (χ0n) is 14.0. The van der Waals surface area contributed by atoms with Gasteiger partial charge in [0.2, 0.25) is 5.91 Å². The van der Waals surface area contributed by atoms with Gasteiger partial charge in [-0.3, -0.25) is 9.59 Å². The lowest BCUT2D eigenvalue weighted by Crippen LogP contribution is -2.41. The Morgan fingerprint density at radius 1 is 1.44 bits per heavy atom. The summed E-state index contributed by atoms with van der Waals surface area (Å²) in [4.78, 5) is 32.0. The van der Waals surface area contributed by atoms with Crippen LogP contribution in [0.4, 0.5) is 6.01 Å². The number of aromatic nitrogens is 1. The van der Waals surface area contributed by atoms with Crippen LogP contribution in [0.3, 0.4) is 0 Å². The molecule has 2 aromatic rings. The molecule has 1 aliphatic heterocycles. The molecule has 25 heavy (non-hydrogen) atoms. The Morgan fingerprint density at radius 2 is 2.16 bits per heavy atom. The first kappa shape index (κ1) is 15.4. The first-order valence-electron chi connectivity index (χ1n) is 7.96. The highest BCUT2D eigenvalue weighted by molar-refractivity contribution is 6.15. The van der Waals surface area contributed by atoms with Crippen LogP contribution in [0.15, 0.2) is 52.6 Å². The number of allylic oxidation sites excluding steroid dienone is 1. The molecule has 6 heteroatoms. The lowest BCUT2D eigenvalue weighted by Gasteiger charge is -2.26. The first-order chi connectivity index (χ1) is 11.9. The molecule has 6 nitrogen and oxygen atoms in total. The summed E-state index contributed by atoms with van der Waals surface area (Å²) >= 11 is 0. The maximum absolute atomic E-state index is 13.5. The van der Waals surface area contributed by atoms with E-state index >= 15 is 0 Å². The minimum Gasteiger partial charge on any atom is -0.423 e. The lowest BCUT2D eigenvalue weighted by molar-refractivity contribution is -0.131. The van der Waals surface area contributed by atoms with Gasteiger partial charge in [-0.1, -0.05) is 30.3 Å². The van der Waals surface area contributed by atoms with Gasteiger partial charge >= 0.3 is 0 Å². The fraction of sp³-hybridized carbons (Fsp3) is 0.211. The van der Waals surface area contributed by atoms with Gasteiger partial charge in [0.1, 0.15) is 5.69 Å². The summed E-state index contributed by atoms with van der Waals surface area (Å²) in [6.07, 6.45) is 1.64. The third-order valence-electron chi connectivity index (χ3n) is 4.95. The Balaban J connectivity index is 2.14. The molecule has 1 amide bonds. The molecule has 0 radical (unpaired) electrons. The Hall–Kier alpha value is -3.15. The molecule has 126 valence electrons. The van der Waals surface area contributed by atoms with E-state index in [1.165, 1.54) is 6.92 Å². The molecule has 2 N–H and O–H groups in total. The Labute approximate surface area is 144 Å². The number of amides is 1. The number of anilines is 1. The summed E-state index contributed by atoms with van der Waals surface area (Å²) < 4.78 is 5.59. The number of nitrogens with zero attached hydrogens (tertiary/aromatic N) is 2. The molecule has 1 aliphatic carbocycles. The van der Waals surface area contributed by atoms with Crippen molar-refractivity contribution in [3.63, 3.8) is 0 Å². The number of hydrogen-bond donors (Lipinski definition) is 1. The van der Waals surface area contributed by atoms with Gasteiger partial charge in [0.05, 0.1) is 0 Å². The number of rotatable bonds is 3. The zero-order valence-corrected chi connectivity index (χ0v) is 14.0. The number of nitrogen functional groups attached to an aromatic ring is 1. The average Bonchev–Trinajstić information content (AvgIpc) is 3.14. The third-order valence-corrected chi connectivity index (χ3v) is 4.95. The molecule has 1 unspecified atom stereocenters. The van der Waals surface area contributed by atoms with Crippen LogP contribution in [0, 0.1) is 0 Å². The van der Waals surface area contributed by atoms with E-state index in [4.69, 9.17) is 10.2 Å². The predicted molar refractivity (Wildman–Crippen MR) is 92.4 cm³/mol. The van der Waals surface area contributed by atoms with E-state index in [0.29, 0.717) is 34.8 Å². The predicted octanol–water partition coefficient (Wildman–Crippen LogP) is 2.41. The second-order valence-electron chi connectivity index (χ2n) is 6.25. The fourth-order valence-corrected chi connectivity index (χ4v) is 4.11. The number of nitrogens with two attached hydrogens (primary N) is 1. The van der Waals surface area contributed by atoms with Gasteiger partial charge in [0.25, 0.3) is 6.01 Å². The van der Waals surface area contributed by atoms with Crippen LogP contribution in [-0.2, 0) is 15.0 Å². The van der Waals surface area contributed by atoms with Gasteiger partial charge in [0, 0.05) is 23.4 Å². The molecule has 0 saturated heterocycles. The Bertz CT molecular complexity index is 986. The van der Waals surface area contributed by atoms with Crippen LogP contribution < -0.4 is 5.73 Å². The van der Waals surface area contributed by atoms with Crippen molar-refractivity contribution in [1.82, 2.24) is 9.88 Å². The number of carbonyl (C=O) groups is 2. The standard InChI is InChI=1S/C19H17N3O3/c1-4-9-22-10(2)14(11(3)23)19(17(22)24)13-8-6-5-7-12(13)15-16(19)21-18(20)25-15/h4-8H,1,9H2,2-3H3,(H2,20,21). The molecule has 1 spiro atoms. The quantitative estimate of drug-likeness (QED) is 0.870. The van der Waals surface area contributed by atoms with E-state index in [-0.39, 0.29) is 17.7 Å². The molecule has 1 aromatic carbocycles. The Kier molecular flexibility index (Phi) is 3.03. The number of Topliss-reactive ketones (excluding diaryl/α,β-unsaturated/α-hetero) is 1. The molecule has 0 saturated carbocycles. The van der Waals surface area contributed by atoms with Gasteiger partial charge in [-0.25, -0.2) is 0 Å². The SMILES string of the molecule is C=CCN1C(=O)C2(C(C(C)=O)=C1C)c1ccccc1-c1oc(N)nc12. The van der Waals surface area contributed by atoms with Crippen LogP contribution in [0.2, 0.25) is 0 Å². The number of benzene rings is 1. The van der Waals surface area contributed by atoms with Crippen molar-refractivity contribution in [3.8, 4) is 11.3 Å². The van der Waals surface area contributed by atoms with Crippen LogP contribution in [0.25, 0.3) is 11.3 Å². The number of ketones is 1. The number of fused-ring (bicyclic) bond motifs is 5. The average molecular weight is 335 g/mol. The summed E-state index contributed by atoms with van der Waals surface area (Å²) in [6, 6.07) is 7.37. The largest absolute Gasteiger partial charge is 0.423 e. The summed E-state index contributed by atoms with van der Waals surface area (Å²) in [5, 5.41) is 0. The van der Waals surface area contributed by atoms with E-state index in [2.05, 4.69) is 11.6 Å². The third kappa shape index (κ3) is 1.66.